The van der Waals surface area contributed by atoms with Gasteiger partial charge in [0.2, 0.25) is 5.88 Å². The quantitative estimate of drug-likeness (QED) is 0.594. The molecule has 0 saturated carbocycles. The number of ether oxygens (including phenoxy) is 1. The first-order valence-corrected chi connectivity index (χ1v) is 5.37. The predicted molar refractivity (Wildman–Crippen MR) is 62.6 cm³/mol. The summed E-state index contributed by atoms with van der Waals surface area (Å²) in [6.45, 7) is 1.35. The van der Waals surface area contributed by atoms with Gasteiger partial charge < -0.3 is 4.74 Å². The van der Waals surface area contributed by atoms with Gasteiger partial charge in [0.1, 0.15) is 0 Å². The van der Waals surface area contributed by atoms with Gasteiger partial charge in [0, 0.05) is 24.3 Å². The van der Waals surface area contributed by atoms with Crippen LogP contribution in [0.1, 0.15) is 12.5 Å². The number of alkyl halides is 1. The normalized spacial score (nSPS) is 10.4. The summed E-state index contributed by atoms with van der Waals surface area (Å²) in [6.07, 6.45) is 0. The number of rotatable bonds is 2. The second-order valence-corrected chi connectivity index (χ2v) is 3.63. The van der Waals surface area contributed by atoms with Crippen molar-refractivity contribution >= 4 is 28.5 Å². The molecule has 1 heterocycles. The van der Waals surface area contributed by atoms with Gasteiger partial charge in [-0.1, -0.05) is 18.2 Å². The van der Waals surface area contributed by atoms with E-state index in [1.165, 1.54) is 6.92 Å². The van der Waals surface area contributed by atoms with Gasteiger partial charge in [-0.3, -0.25) is 4.79 Å². The van der Waals surface area contributed by atoms with Crippen molar-refractivity contribution < 1.29 is 9.53 Å². The molecule has 0 fully saturated rings. The van der Waals surface area contributed by atoms with E-state index in [9.17, 15) is 4.79 Å². The van der Waals surface area contributed by atoms with Gasteiger partial charge in [0.25, 0.3) is 0 Å². The minimum absolute atomic E-state index is 0.303. The lowest BCUT2D eigenvalue weighted by molar-refractivity contribution is -0.132. The van der Waals surface area contributed by atoms with Crippen LogP contribution < -0.4 is 4.74 Å². The van der Waals surface area contributed by atoms with Crippen LogP contribution in [-0.2, 0) is 10.7 Å². The Hall–Kier alpha value is -1.61. The average Bonchev–Trinajstić information content (AvgIpc) is 2.27. The summed E-state index contributed by atoms with van der Waals surface area (Å²) < 4.78 is 4.93. The van der Waals surface area contributed by atoms with Crippen molar-refractivity contribution in [2.45, 2.75) is 12.8 Å². The van der Waals surface area contributed by atoms with Crippen LogP contribution in [0.25, 0.3) is 10.9 Å². The second kappa shape index (κ2) is 4.49. The fourth-order valence-electron chi connectivity index (χ4n) is 1.50. The lowest BCUT2D eigenvalue weighted by atomic mass is 10.1. The number of hydrogen-bond donors (Lipinski definition) is 0. The Morgan fingerprint density at radius 2 is 2.19 bits per heavy atom. The van der Waals surface area contributed by atoms with Crippen LogP contribution in [-0.4, -0.2) is 11.0 Å². The monoisotopic (exact) mass is 235 g/mol. The van der Waals surface area contributed by atoms with Crippen LogP contribution in [0.5, 0.6) is 5.88 Å². The van der Waals surface area contributed by atoms with E-state index in [0.29, 0.717) is 11.8 Å². The summed E-state index contributed by atoms with van der Waals surface area (Å²) in [5, 5.41) is 0.981. The number of pyridine rings is 1. The largest absolute Gasteiger partial charge is 0.408 e. The van der Waals surface area contributed by atoms with E-state index in [1.807, 2.05) is 24.3 Å². The number of benzene rings is 1. The molecule has 0 atom stereocenters. The molecule has 82 valence electrons. The maximum absolute atomic E-state index is 10.8. The van der Waals surface area contributed by atoms with Crippen LogP contribution in [0.15, 0.2) is 30.3 Å². The minimum Gasteiger partial charge on any atom is -0.408 e. The number of carbonyl (C=O) groups excluding carboxylic acids is 1. The number of aromatic nitrogens is 1. The average molecular weight is 236 g/mol. The molecule has 0 N–H and O–H groups in total. The van der Waals surface area contributed by atoms with Crippen LogP contribution >= 0.6 is 11.6 Å². The molecule has 0 aliphatic heterocycles. The zero-order valence-corrected chi connectivity index (χ0v) is 9.49. The third kappa shape index (κ3) is 2.14. The Balaban J connectivity index is 2.54. The van der Waals surface area contributed by atoms with E-state index in [1.54, 1.807) is 6.07 Å². The van der Waals surface area contributed by atoms with Crippen LogP contribution in [0.2, 0.25) is 0 Å². The highest BCUT2D eigenvalue weighted by molar-refractivity contribution is 6.17. The standard InChI is InChI=1S/C12H10ClNO2/c1-8(15)16-11-6-5-9-3-2-4-10(7-13)12(9)14-11/h2-6H,7H2,1H3. The van der Waals surface area contributed by atoms with Crippen LogP contribution in [0, 0.1) is 0 Å². The molecule has 3 nitrogen and oxygen atoms in total. The zero-order chi connectivity index (χ0) is 11.5. The SMILES string of the molecule is CC(=O)Oc1ccc2cccc(CCl)c2n1. The molecule has 0 unspecified atom stereocenters. The fraction of sp³-hybridized carbons (Fsp3) is 0.167. The highest BCUT2D eigenvalue weighted by atomic mass is 35.5. The van der Waals surface area contributed by atoms with Gasteiger partial charge in [-0.05, 0) is 11.6 Å². The Kier molecular flexibility index (Phi) is 3.06. The van der Waals surface area contributed by atoms with Gasteiger partial charge in [-0.15, -0.1) is 11.6 Å². The van der Waals surface area contributed by atoms with E-state index in [2.05, 4.69) is 4.98 Å². The zero-order valence-electron chi connectivity index (χ0n) is 8.74. The molecule has 0 spiro atoms. The van der Waals surface area contributed by atoms with Crippen molar-refractivity contribution in [1.29, 1.82) is 0 Å². The molecule has 0 aliphatic rings. The van der Waals surface area contributed by atoms with E-state index in [-0.39, 0.29) is 5.97 Å². The Bertz CT molecular complexity index is 540. The Labute approximate surface area is 98.0 Å². The lowest BCUT2D eigenvalue weighted by Crippen LogP contribution is -2.03. The summed E-state index contributed by atoms with van der Waals surface area (Å²) in [5.41, 5.74) is 1.70. The summed E-state index contributed by atoms with van der Waals surface area (Å²) in [6, 6.07) is 9.29. The molecular weight excluding hydrogens is 226 g/mol. The van der Waals surface area contributed by atoms with Crippen molar-refractivity contribution in [3.63, 3.8) is 0 Å². The van der Waals surface area contributed by atoms with Gasteiger partial charge in [-0.2, -0.15) is 0 Å². The second-order valence-electron chi connectivity index (χ2n) is 3.37. The van der Waals surface area contributed by atoms with E-state index in [0.717, 1.165) is 16.5 Å². The lowest BCUT2D eigenvalue weighted by Gasteiger charge is -2.05. The predicted octanol–water partition coefficient (Wildman–Crippen LogP) is 2.90. The number of halogens is 1. The first kappa shape index (κ1) is 10.9. The summed E-state index contributed by atoms with van der Waals surface area (Å²) in [7, 11) is 0. The number of nitrogens with zero attached hydrogens (tertiary/aromatic N) is 1. The summed E-state index contributed by atoms with van der Waals surface area (Å²) >= 11 is 5.82. The van der Waals surface area contributed by atoms with Crippen molar-refractivity contribution in [3.8, 4) is 5.88 Å². The summed E-state index contributed by atoms with van der Waals surface area (Å²) in [5.74, 6) is 0.307. The third-order valence-electron chi connectivity index (χ3n) is 2.17. The maximum atomic E-state index is 10.8. The van der Waals surface area contributed by atoms with Crippen molar-refractivity contribution in [1.82, 2.24) is 4.98 Å². The van der Waals surface area contributed by atoms with E-state index in [4.69, 9.17) is 16.3 Å². The van der Waals surface area contributed by atoms with Gasteiger partial charge in [0.05, 0.1) is 5.52 Å². The molecule has 2 rings (SSSR count). The molecule has 16 heavy (non-hydrogen) atoms. The van der Waals surface area contributed by atoms with Gasteiger partial charge in [0.15, 0.2) is 0 Å². The topological polar surface area (TPSA) is 39.2 Å². The number of para-hydroxylation sites is 1. The number of esters is 1. The molecule has 2 aromatic rings. The number of hydrogen-bond acceptors (Lipinski definition) is 3. The number of fused-ring (bicyclic) bond motifs is 1. The van der Waals surface area contributed by atoms with Crippen molar-refractivity contribution in [2.75, 3.05) is 0 Å². The van der Waals surface area contributed by atoms with Crippen molar-refractivity contribution in [2.24, 2.45) is 0 Å². The molecular formula is C12H10ClNO2. The fourth-order valence-corrected chi connectivity index (χ4v) is 1.72. The maximum Gasteiger partial charge on any atom is 0.309 e. The van der Waals surface area contributed by atoms with E-state index < -0.39 is 0 Å². The first-order chi connectivity index (χ1) is 7.70. The molecule has 0 amide bonds. The van der Waals surface area contributed by atoms with Gasteiger partial charge >= 0.3 is 5.97 Å². The number of carbonyl (C=O) groups is 1. The molecule has 0 aliphatic carbocycles. The molecule has 0 saturated heterocycles. The highest BCUT2D eigenvalue weighted by Gasteiger charge is 2.05. The molecule has 0 bridgehead atoms. The molecule has 4 heteroatoms. The highest BCUT2D eigenvalue weighted by Crippen LogP contribution is 2.21. The third-order valence-corrected chi connectivity index (χ3v) is 2.46. The minimum atomic E-state index is -0.379. The Morgan fingerprint density at radius 1 is 1.38 bits per heavy atom. The first-order valence-electron chi connectivity index (χ1n) is 4.84. The molecule has 0 radical (unpaired) electrons. The van der Waals surface area contributed by atoms with Crippen LogP contribution in [0.3, 0.4) is 0 Å². The van der Waals surface area contributed by atoms with Crippen molar-refractivity contribution in [3.05, 3.63) is 35.9 Å². The Morgan fingerprint density at radius 3 is 2.88 bits per heavy atom. The molecule has 1 aromatic heterocycles. The smallest absolute Gasteiger partial charge is 0.309 e. The van der Waals surface area contributed by atoms with Gasteiger partial charge in [-0.25, -0.2) is 4.98 Å². The van der Waals surface area contributed by atoms with Crippen LogP contribution in [0.4, 0.5) is 0 Å². The summed E-state index contributed by atoms with van der Waals surface area (Å²) in [4.78, 5) is 15.1. The molecule has 1 aromatic carbocycles. The van der Waals surface area contributed by atoms with E-state index >= 15 is 0 Å².